The number of rotatable bonds is 5. The molecule has 14 heavy (non-hydrogen) atoms. The number of piperazine rings is 1. The molecule has 5 nitrogen and oxygen atoms in total. The molecule has 0 atom stereocenters. The van der Waals surface area contributed by atoms with Crippen LogP contribution in [0.5, 0.6) is 0 Å². The van der Waals surface area contributed by atoms with Gasteiger partial charge in [0.15, 0.2) is 0 Å². The molecule has 0 aromatic carbocycles. The minimum Gasteiger partial charge on any atom is -0.395 e. The van der Waals surface area contributed by atoms with Crippen molar-refractivity contribution in [1.29, 1.82) is 0 Å². The number of amides is 1. The molecule has 1 saturated heterocycles. The summed E-state index contributed by atoms with van der Waals surface area (Å²) in [5.74, 6) is 0.205. The molecule has 1 rings (SSSR count). The van der Waals surface area contributed by atoms with Gasteiger partial charge in [0.2, 0.25) is 5.91 Å². The minimum absolute atomic E-state index is 0.127. The van der Waals surface area contributed by atoms with Crippen LogP contribution < -0.4 is 10.6 Å². The van der Waals surface area contributed by atoms with Crippen LogP contribution in [0.25, 0.3) is 0 Å². The third kappa shape index (κ3) is 4.04. The zero-order chi connectivity index (χ0) is 10.2. The largest absolute Gasteiger partial charge is 0.395 e. The number of nitrogens with zero attached hydrogens (tertiary/aromatic N) is 1. The molecule has 82 valence electrons. The monoisotopic (exact) mass is 201 g/mol. The number of carbonyl (C=O) groups excluding carboxylic acids is 1. The van der Waals surface area contributed by atoms with Crippen molar-refractivity contribution in [2.45, 2.75) is 6.42 Å². The van der Waals surface area contributed by atoms with E-state index in [4.69, 9.17) is 5.11 Å². The molecule has 0 aromatic rings. The molecule has 5 heteroatoms. The Labute approximate surface area is 84.5 Å². The van der Waals surface area contributed by atoms with Crippen LogP contribution in [-0.4, -0.2) is 61.8 Å². The van der Waals surface area contributed by atoms with E-state index in [9.17, 15) is 4.79 Å². The van der Waals surface area contributed by atoms with Crippen molar-refractivity contribution in [3.05, 3.63) is 0 Å². The second-order valence-corrected chi connectivity index (χ2v) is 3.35. The lowest BCUT2D eigenvalue weighted by atomic mass is 10.3. The molecule has 0 aromatic heterocycles. The van der Waals surface area contributed by atoms with Gasteiger partial charge in [0.1, 0.15) is 0 Å². The van der Waals surface area contributed by atoms with Gasteiger partial charge in [-0.1, -0.05) is 0 Å². The van der Waals surface area contributed by atoms with E-state index in [0.29, 0.717) is 19.5 Å². The van der Waals surface area contributed by atoms with Crippen LogP contribution in [0.15, 0.2) is 0 Å². The average Bonchev–Trinajstić information content (AvgIpc) is 2.25. The Morgan fingerprint density at radius 1 is 1.36 bits per heavy atom. The van der Waals surface area contributed by atoms with Gasteiger partial charge < -0.3 is 20.6 Å². The summed E-state index contributed by atoms with van der Waals surface area (Å²) in [6, 6.07) is 0. The highest BCUT2D eigenvalue weighted by Gasteiger charge is 2.14. The Morgan fingerprint density at radius 2 is 2.07 bits per heavy atom. The van der Waals surface area contributed by atoms with Crippen molar-refractivity contribution in [3.63, 3.8) is 0 Å². The number of aliphatic hydroxyl groups excluding tert-OH is 1. The topological polar surface area (TPSA) is 64.6 Å². The molecule has 1 aliphatic heterocycles. The van der Waals surface area contributed by atoms with Crippen molar-refractivity contribution in [3.8, 4) is 0 Å². The molecule has 0 bridgehead atoms. The van der Waals surface area contributed by atoms with E-state index in [-0.39, 0.29) is 12.5 Å². The summed E-state index contributed by atoms with van der Waals surface area (Å²) in [4.78, 5) is 13.4. The highest BCUT2D eigenvalue weighted by atomic mass is 16.3. The van der Waals surface area contributed by atoms with Crippen LogP contribution in [0.2, 0.25) is 0 Å². The Bertz CT molecular complexity index is 169. The molecule has 1 aliphatic rings. The van der Waals surface area contributed by atoms with Gasteiger partial charge in [-0.25, -0.2) is 0 Å². The smallest absolute Gasteiger partial charge is 0.223 e. The van der Waals surface area contributed by atoms with Gasteiger partial charge in [-0.05, 0) is 0 Å². The fourth-order valence-electron chi connectivity index (χ4n) is 1.47. The lowest BCUT2D eigenvalue weighted by Crippen LogP contribution is -2.47. The molecule has 1 fully saturated rings. The predicted octanol–water partition coefficient (Wildman–Crippen LogP) is -1.61. The van der Waals surface area contributed by atoms with E-state index >= 15 is 0 Å². The van der Waals surface area contributed by atoms with E-state index in [1.807, 2.05) is 4.90 Å². The standard InChI is InChI=1S/C9H19N3O2/c13-8-5-10-2-1-9(14)12-6-3-11-4-7-12/h10-11,13H,1-8H2. The lowest BCUT2D eigenvalue weighted by Gasteiger charge is -2.27. The third-order valence-corrected chi connectivity index (χ3v) is 2.27. The highest BCUT2D eigenvalue weighted by molar-refractivity contribution is 5.76. The van der Waals surface area contributed by atoms with Gasteiger partial charge in [0, 0.05) is 45.7 Å². The number of hydrogen-bond acceptors (Lipinski definition) is 4. The molecule has 0 saturated carbocycles. The predicted molar refractivity (Wildman–Crippen MR) is 54.0 cm³/mol. The van der Waals surface area contributed by atoms with E-state index in [2.05, 4.69) is 10.6 Å². The molecule has 1 amide bonds. The lowest BCUT2D eigenvalue weighted by molar-refractivity contribution is -0.131. The summed E-state index contributed by atoms with van der Waals surface area (Å²) >= 11 is 0. The maximum Gasteiger partial charge on any atom is 0.223 e. The molecule has 3 N–H and O–H groups in total. The average molecular weight is 201 g/mol. The first-order valence-electron chi connectivity index (χ1n) is 5.14. The Hall–Kier alpha value is -0.650. The van der Waals surface area contributed by atoms with Crippen molar-refractivity contribution in [2.75, 3.05) is 45.9 Å². The maximum absolute atomic E-state index is 11.6. The van der Waals surface area contributed by atoms with Gasteiger partial charge in [-0.2, -0.15) is 0 Å². The second kappa shape index (κ2) is 6.75. The molecular formula is C9H19N3O2. The number of hydrogen-bond donors (Lipinski definition) is 3. The summed E-state index contributed by atoms with van der Waals surface area (Å²) < 4.78 is 0. The van der Waals surface area contributed by atoms with Crippen molar-refractivity contribution in [2.24, 2.45) is 0 Å². The van der Waals surface area contributed by atoms with Crippen molar-refractivity contribution >= 4 is 5.91 Å². The Morgan fingerprint density at radius 3 is 2.71 bits per heavy atom. The van der Waals surface area contributed by atoms with Gasteiger partial charge >= 0.3 is 0 Å². The van der Waals surface area contributed by atoms with Crippen LogP contribution >= 0.6 is 0 Å². The maximum atomic E-state index is 11.6. The van der Waals surface area contributed by atoms with Crippen LogP contribution in [-0.2, 0) is 4.79 Å². The normalized spacial score (nSPS) is 17.1. The van der Waals surface area contributed by atoms with Crippen LogP contribution in [0.4, 0.5) is 0 Å². The van der Waals surface area contributed by atoms with Crippen molar-refractivity contribution < 1.29 is 9.90 Å². The zero-order valence-electron chi connectivity index (χ0n) is 8.46. The molecule has 1 heterocycles. The first kappa shape index (κ1) is 11.4. The fraction of sp³-hybridized carbons (Fsp3) is 0.889. The van der Waals surface area contributed by atoms with Gasteiger partial charge in [-0.15, -0.1) is 0 Å². The summed E-state index contributed by atoms with van der Waals surface area (Å²) in [6.07, 6.45) is 0.528. The second-order valence-electron chi connectivity index (χ2n) is 3.35. The number of nitrogens with one attached hydrogen (secondary N) is 2. The first-order valence-corrected chi connectivity index (χ1v) is 5.14. The summed E-state index contributed by atoms with van der Waals surface area (Å²) in [5, 5.41) is 14.7. The SMILES string of the molecule is O=C(CCNCCO)N1CCNCC1. The number of aliphatic hydroxyl groups is 1. The van der Waals surface area contributed by atoms with Gasteiger partial charge in [-0.3, -0.25) is 4.79 Å². The summed E-state index contributed by atoms with van der Waals surface area (Å²) in [7, 11) is 0. The molecule has 0 radical (unpaired) electrons. The van der Waals surface area contributed by atoms with Crippen LogP contribution in [0.3, 0.4) is 0 Å². The van der Waals surface area contributed by atoms with E-state index in [1.165, 1.54) is 0 Å². The Kier molecular flexibility index (Phi) is 5.51. The summed E-state index contributed by atoms with van der Waals surface area (Å²) in [5.41, 5.74) is 0. The summed E-state index contributed by atoms with van der Waals surface area (Å²) in [6.45, 7) is 4.78. The first-order chi connectivity index (χ1) is 6.84. The third-order valence-electron chi connectivity index (χ3n) is 2.27. The Balaban J connectivity index is 2.07. The fourth-order valence-corrected chi connectivity index (χ4v) is 1.47. The van der Waals surface area contributed by atoms with Gasteiger partial charge in [0.05, 0.1) is 6.61 Å². The quantitative estimate of drug-likeness (QED) is 0.468. The van der Waals surface area contributed by atoms with Gasteiger partial charge in [0.25, 0.3) is 0 Å². The zero-order valence-corrected chi connectivity index (χ0v) is 8.46. The molecular weight excluding hydrogens is 182 g/mol. The minimum atomic E-state index is 0.127. The number of carbonyl (C=O) groups is 1. The van der Waals surface area contributed by atoms with Crippen molar-refractivity contribution in [1.82, 2.24) is 15.5 Å². The van der Waals surface area contributed by atoms with E-state index < -0.39 is 0 Å². The van der Waals surface area contributed by atoms with E-state index in [1.54, 1.807) is 0 Å². The molecule has 0 unspecified atom stereocenters. The van der Waals surface area contributed by atoms with Crippen LogP contribution in [0.1, 0.15) is 6.42 Å². The molecule has 0 aliphatic carbocycles. The molecule has 0 spiro atoms. The van der Waals surface area contributed by atoms with E-state index in [0.717, 1.165) is 26.2 Å². The van der Waals surface area contributed by atoms with Crippen LogP contribution in [0, 0.1) is 0 Å². The highest BCUT2D eigenvalue weighted by Crippen LogP contribution is 1.95.